The number of carboxylic acids is 2. The summed E-state index contributed by atoms with van der Waals surface area (Å²) in [6, 6.07) is 7.60. The van der Waals surface area contributed by atoms with Crippen molar-refractivity contribution in [1.29, 1.82) is 0 Å². The highest BCUT2D eigenvalue weighted by molar-refractivity contribution is 5.88. The largest absolute Gasteiger partial charge is 0.480 e. The lowest BCUT2D eigenvalue weighted by Gasteiger charge is -2.72. The van der Waals surface area contributed by atoms with E-state index in [4.69, 9.17) is 0 Å². The normalized spacial score (nSPS) is 38.3. The van der Waals surface area contributed by atoms with Crippen molar-refractivity contribution in [2.24, 2.45) is 50.7 Å². The van der Waals surface area contributed by atoms with Gasteiger partial charge in [-0.2, -0.15) is 0 Å². The number of benzene rings is 1. The second-order valence-corrected chi connectivity index (χ2v) is 18.0. The minimum Gasteiger partial charge on any atom is -0.480 e. The molecule has 5 aliphatic carbocycles. The fourth-order valence-electron chi connectivity index (χ4n) is 13.0. The zero-order chi connectivity index (χ0) is 34.9. The summed E-state index contributed by atoms with van der Waals surface area (Å²) in [7, 11) is 0. The van der Waals surface area contributed by atoms with Gasteiger partial charge in [-0.1, -0.05) is 59.2 Å². The molecule has 0 spiro atoms. The van der Waals surface area contributed by atoms with E-state index in [9.17, 15) is 24.6 Å². The van der Waals surface area contributed by atoms with Crippen LogP contribution in [0, 0.1) is 50.7 Å². The van der Waals surface area contributed by atoms with Crippen LogP contribution < -0.4 is 5.32 Å². The van der Waals surface area contributed by atoms with E-state index in [1.165, 1.54) is 31.3 Å². The molecule has 6 rings (SSSR count). The maximum absolute atomic E-state index is 14.1. The van der Waals surface area contributed by atoms with Gasteiger partial charge in [0.05, 0.1) is 17.5 Å². The first-order valence-electron chi connectivity index (χ1n) is 18.8. The number of hydrogen-bond donors (Lipinski definition) is 3. The van der Waals surface area contributed by atoms with E-state index < -0.39 is 11.9 Å². The predicted octanol–water partition coefficient (Wildman–Crippen LogP) is 8.14. The first kappa shape index (κ1) is 35.2. The molecule has 0 aromatic heterocycles. The van der Waals surface area contributed by atoms with Crippen LogP contribution >= 0.6 is 0 Å². The average molecular weight is 661 g/mol. The van der Waals surface area contributed by atoms with E-state index in [0.29, 0.717) is 42.3 Å². The van der Waals surface area contributed by atoms with Gasteiger partial charge in [0.15, 0.2) is 0 Å². The Kier molecular flexibility index (Phi) is 9.00. The maximum atomic E-state index is 14.1. The number of aromatic carboxylic acids is 1. The average Bonchev–Trinajstić information content (AvgIpc) is 3.46. The second kappa shape index (κ2) is 12.3. The lowest BCUT2D eigenvalue weighted by atomic mass is 9.32. The van der Waals surface area contributed by atoms with Gasteiger partial charge in [0.2, 0.25) is 5.91 Å². The third-order valence-electron chi connectivity index (χ3n) is 15.6. The van der Waals surface area contributed by atoms with Gasteiger partial charge in [0, 0.05) is 19.1 Å². The summed E-state index contributed by atoms with van der Waals surface area (Å²) in [6.07, 6.45) is 13.7. The predicted molar refractivity (Wildman–Crippen MR) is 189 cm³/mol. The number of rotatable bonds is 9. The van der Waals surface area contributed by atoms with Crippen LogP contribution in [-0.2, 0) is 9.59 Å². The number of nitrogens with one attached hydrogen (secondary N) is 1. The molecule has 4 fully saturated rings. The molecule has 8 atom stereocenters. The van der Waals surface area contributed by atoms with E-state index in [1.54, 1.807) is 12.1 Å². The molecule has 1 aromatic carbocycles. The van der Waals surface area contributed by atoms with Crippen molar-refractivity contribution in [2.45, 2.75) is 119 Å². The Labute approximate surface area is 288 Å². The van der Waals surface area contributed by atoms with E-state index >= 15 is 0 Å². The summed E-state index contributed by atoms with van der Waals surface area (Å²) < 4.78 is 0. The molecule has 1 aromatic rings. The molecule has 0 unspecified atom stereocenters. The Balaban J connectivity index is 1.22. The van der Waals surface area contributed by atoms with Crippen molar-refractivity contribution in [3.8, 4) is 0 Å². The summed E-state index contributed by atoms with van der Waals surface area (Å²) in [5.41, 5.74) is 3.14. The van der Waals surface area contributed by atoms with Crippen molar-refractivity contribution < 1.29 is 24.6 Å². The highest BCUT2D eigenvalue weighted by atomic mass is 16.4. The van der Waals surface area contributed by atoms with Crippen molar-refractivity contribution >= 4 is 23.4 Å². The smallest absolute Gasteiger partial charge is 0.335 e. The Morgan fingerprint density at radius 1 is 0.854 bits per heavy atom. The maximum Gasteiger partial charge on any atom is 0.335 e. The highest BCUT2D eigenvalue weighted by Crippen LogP contribution is 2.77. The van der Waals surface area contributed by atoms with Gasteiger partial charge in [0.1, 0.15) is 0 Å². The lowest BCUT2D eigenvalue weighted by Crippen LogP contribution is -2.66. The van der Waals surface area contributed by atoms with Crippen LogP contribution in [-0.4, -0.2) is 58.6 Å². The second-order valence-electron chi connectivity index (χ2n) is 18.0. The molecule has 0 radical (unpaired) electrons. The molecule has 0 aliphatic heterocycles. The van der Waals surface area contributed by atoms with Gasteiger partial charge in [-0.15, -0.1) is 0 Å². The zero-order valence-electron chi connectivity index (χ0n) is 30.5. The number of carboxylic acid groups (broad SMARTS) is 2. The summed E-state index contributed by atoms with van der Waals surface area (Å²) in [6.45, 7) is 17.7. The number of fused-ring (bicyclic) bond motifs is 7. The summed E-state index contributed by atoms with van der Waals surface area (Å²) in [4.78, 5) is 39.0. The van der Waals surface area contributed by atoms with Crippen LogP contribution in [0.4, 0.5) is 0 Å². The third-order valence-corrected chi connectivity index (χ3v) is 15.6. The molecule has 0 heterocycles. The molecular weight excluding hydrogens is 600 g/mol. The molecule has 0 bridgehead atoms. The minimum absolute atomic E-state index is 0.00453. The number of carbonyl (C=O) groups is 3. The molecule has 1 amide bonds. The monoisotopic (exact) mass is 660 g/mol. The Hall–Kier alpha value is -2.67. The first-order chi connectivity index (χ1) is 22.5. The zero-order valence-corrected chi connectivity index (χ0v) is 30.5. The molecule has 5 aliphatic rings. The van der Waals surface area contributed by atoms with Crippen LogP contribution in [0.15, 0.2) is 30.3 Å². The molecule has 4 saturated carbocycles. The van der Waals surface area contributed by atoms with Crippen LogP contribution in [0.3, 0.4) is 0 Å². The quantitative estimate of drug-likeness (QED) is 0.247. The molecule has 48 heavy (non-hydrogen) atoms. The molecule has 7 nitrogen and oxygen atoms in total. The van der Waals surface area contributed by atoms with Crippen LogP contribution in [0.1, 0.15) is 129 Å². The fraction of sp³-hybridized carbons (Fsp3) is 0.732. The minimum atomic E-state index is -0.883. The van der Waals surface area contributed by atoms with Gasteiger partial charge in [-0.3, -0.25) is 14.5 Å². The molecule has 7 heteroatoms. The van der Waals surface area contributed by atoms with Gasteiger partial charge in [-0.05, 0) is 140 Å². The number of carbonyl (C=O) groups excluding carboxylic acids is 1. The van der Waals surface area contributed by atoms with Gasteiger partial charge in [-0.25, -0.2) is 4.79 Å². The standard InChI is InChI=1S/C41H60N2O5/c1-26(2)43(25-34(44)45)24-23-42-36(48)41-18-8-9-31(41)30-14-15-33-38(5)19-16-29(27-10-12-28(13-11-27)35(46)47)37(3,4)32(38)17-20-40(33,7)39(30,6)21-22-41/h10-13,16,26,30-33H,8-9,14-15,17-25H2,1-7H3,(H,42,48)(H,44,45)(H,46,47)/t30-,31-,32+,33-,38+,39-,40-,41+/m1/s1. The van der Waals surface area contributed by atoms with E-state index in [-0.39, 0.29) is 45.6 Å². The van der Waals surface area contributed by atoms with Crippen molar-refractivity contribution in [2.75, 3.05) is 19.6 Å². The number of aliphatic carboxylic acids is 1. The van der Waals surface area contributed by atoms with Gasteiger partial charge in [0.25, 0.3) is 0 Å². The fourth-order valence-corrected chi connectivity index (χ4v) is 13.0. The molecule has 3 N–H and O–H groups in total. The van der Waals surface area contributed by atoms with E-state index in [1.807, 2.05) is 30.9 Å². The highest BCUT2D eigenvalue weighted by Gasteiger charge is 2.70. The van der Waals surface area contributed by atoms with Crippen molar-refractivity contribution in [1.82, 2.24) is 10.2 Å². The number of amides is 1. The van der Waals surface area contributed by atoms with Crippen molar-refractivity contribution in [3.63, 3.8) is 0 Å². The summed E-state index contributed by atoms with van der Waals surface area (Å²) >= 11 is 0. The molecule has 0 saturated heterocycles. The topological polar surface area (TPSA) is 107 Å². The molecule has 264 valence electrons. The van der Waals surface area contributed by atoms with E-state index in [2.05, 4.69) is 46.0 Å². The Morgan fingerprint density at radius 3 is 2.21 bits per heavy atom. The summed E-state index contributed by atoms with van der Waals surface area (Å²) in [5, 5.41) is 22.1. The SMILES string of the molecule is CC(C)N(CCNC(=O)[C@]12CCC[C@@H]1[C@H]1CC[C@@H]3[C@@]4(C)CC=C(c5ccc(C(=O)O)cc5)C(C)(C)[C@@H]4CC[C@@]3(C)[C@]1(C)CC2)CC(=O)O. The number of allylic oxidation sites excluding steroid dienone is 2. The Morgan fingerprint density at radius 2 is 1.56 bits per heavy atom. The van der Waals surface area contributed by atoms with Crippen LogP contribution in [0.2, 0.25) is 0 Å². The summed E-state index contributed by atoms with van der Waals surface area (Å²) in [5.74, 6) is 0.647. The van der Waals surface area contributed by atoms with Gasteiger partial charge < -0.3 is 15.5 Å². The lowest BCUT2D eigenvalue weighted by molar-refractivity contribution is -0.222. The van der Waals surface area contributed by atoms with E-state index in [0.717, 1.165) is 44.1 Å². The molecular formula is C41H60N2O5. The Bertz CT molecular complexity index is 1470. The van der Waals surface area contributed by atoms with Crippen LogP contribution in [0.25, 0.3) is 5.57 Å². The van der Waals surface area contributed by atoms with Crippen LogP contribution in [0.5, 0.6) is 0 Å². The van der Waals surface area contributed by atoms with Gasteiger partial charge >= 0.3 is 11.9 Å². The third kappa shape index (κ3) is 5.27. The number of nitrogens with zero attached hydrogens (tertiary/aromatic N) is 1. The number of hydrogen-bond acceptors (Lipinski definition) is 4. The first-order valence-corrected chi connectivity index (χ1v) is 18.8. The van der Waals surface area contributed by atoms with Crippen molar-refractivity contribution in [3.05, 3.63) is 41.5 Å².